The predicted molar refractivity (Wildman–Crippen MR) is 82.4 cm³/mol. The average Bonchev–Trinajstić information content (AvgIpc) is 2.48. The molecule has 0 amide bonds. The summed E-state index contributed by atoms with van der Waals surface area (Å²) in [7, 11) is -4.32. The number of carbonyl (C=O) groups is 1. The number of phosphoric ester groups is 1. The van der Waals surface area contributed by atoms with Crippen LogP contribution in [0.1, 0.15) is 48.9 Å². The topological polar surface area (TPSA) is 93.1 Å². The number of rotatable bonds is 11. The Bertz CT molecular complexity index is 470. The molecule has 6 nitrogen and oxygen atoms in total. The van der Waals surface area contributed by atoms with Gasteiger partial charge in [0, 0.05) is 0 Å². The van der Waals surface area contributed by atoms with Crippen molar-refractivity contribution >= 4 is 13.8 Å². The Kier molecular flexibility index (Phi) is 9.01. The predicted octanol–water partition coefficient (Wildman–Crippen LogP) is 3.29. The van der Waals surface area contributed by atoms with Gasteiger partial charge in [-0.15, -0.1) is 0 Å². The van der Waals surface area contributed by atoms with Gasteiger partial charge in [0.1, 0.15) is 0 Å². The molecule has 1 aromatic rings. The molecule has 1 aromatic carbocycles. The van der Waals surface area contributed by atoms with Gasteiger partial charge in [0.05, 0.1) is 18.8 Å². The van der Waals surface area contributed by atoms with Crippen molar-refractivity contribution in [3.8, 4) is 0 Å². The highest BCUT2D eigenvalue weighted by Gasteiger charge is 2.12. The fraction of sp³-hybridized carbons (Fsp3) is 0.533. The molecule has 7 heteroatoms. The minimum absolute atomic E-state index is 0.0823. The third-order valence-corrected chi connectivity index (χ3v) is 3.56. The maximum absolute atomic E-state index is 11.6. The molecule has 0 aliphatic carbocycles. The van der Waals surface area contributed by atoms with Crippen molar-refractivity contribution in [2.75, 3.05) is 13.2 Å². The van der Waals surface area contributed by atoms with E-state index in [4.69, 9.17) is 14.5 Å². The largest absolute Gasteiger partial charge is 0.469 e. The van der Waals surface area contributed by atoms with E-state index < -0.39 is 7.82 Å². The number of hydrogen-bond acceptors (Lipinski definition) is 4. The van der Waals surface area contributed by atoms with Crippen molar-refractivity contribution in [1.29, 1.82) is 0 Å². The number of hydrogen-bond donors (Lipinski definition) is 2. The van der Waals surface area contributed by atoms with Gasteiger partial charge in [-0.1, -0.05) is 43.9 Å². The Hall–Kier alpha value is -1.20. The first kappa shape index (κ1) is 18.8. The van der Waals surface area contributed by atoms with Crippen LogP contribution in [0.3, 0.4) is 0 Å². The van der Waals surface area contributed by atoms with Gasteiger partial charge in [-0.3, -0.25) is 4.52 Å². The standard InChI is InChI=1S/C15H23O6P/c16-15(14-10-6-5-7-11-14)20-12-8-3-1-2-4-9-13-21-22(17,18)19/h5-7,10-11H,1-4,8-9,12-13H2,(H2,17,18,19). The molecule has 0 bridgehead atoms. The van der Waals surface area contributed by atoms with E-state index in [-0.39, 0.29) is 12.6 Å². The number of esters is 1. The van der Waals surface area contributed by atoms with Crippen molar-refractivity contribution in [1.82, 2.24) is 0 Å². The van der Waals surface area contributed by atoms with E-state index in [0.29, 0.717) is 18.6 Å². The molecule has 22 heavy (non-hydrogen) atoms. The second-order valence-electron chi connectivity index (χ2n) is 4.95. The Balaban J connectivity index is 1.92. The zero-order valence-corrected chi connectivity index (χ0v) is 13.4. The lowest BCUT2D eigenvalue weighted by molar-refractivity contribution is 0.0497. The molecule has 0 spiro atoms. The maximum Gasteiger partial charge on any atom is 0.469 e. The van der Waals surface area contributed by atoms with Gasteiger partial charge in [-0.05, 0) is 25.0 Å². The molecule has 124 valence electrons. The second kappa shape index (κ2) is 10.5. The van der Waals surface area contributed by atoms with Crippen LogP contribution in [0.5, 0.6) is 0 Å². The lowest BCUT2D eigenvalue weighted by Gasteiger charge is -2.06. The van der Waals surface area contributed by atoms with E-state index in [1.54, 1.807) is 24.3 Å². The Morgan fingerprint density at radius 1 is 0.909 bits per heavy atom. The molecule has 0 fully saturated rings. The fourth-order valence-corrected chi connectivity index (χ4v) is 2.28. The van der Waals surface area contributed by atoms with Crippen LogP contribution >= 0.6 is 7.82 Å². The summed E-state index contributed by atoms with van der Waals surface area (Å²) in [5, 5.41) is 0. The monoisotopic (exact) mass is 330 g/mol. The van der Waals surface area contributed by atoms with Crippen LogP contribution in [-0.4, -0.2) is 29.0 Å². The number of carbonyl (C=O) groups excluding carboxylic acids is 1. The minimum Gasteiger partial charge on any atom is -0.462 e. The van der Waals surface area contributed by atoms with E-state index in [2.05, 4.69) is 4.52 Å². The van der Waals surface area contributed by atoms with Gasteiger partial charge in [-0.2, -0.15) is 0 Å². The number of phosphoric acid groups is 1. The van der Waals surface area contributed by atoms with E-state index >= 15 is 0 Å². The van der Waals surface area contributed by atoms with Crippen molar-refractivity contribution in [3.05, 3.63) is 35.9 Å². The van der Waals surface area contributed by atoms with Crippen LogP contribution in [0.25, 0.3) is 0 Å². The normalized spacial score (nSPS) is 11.4. The summed E-state index contributed by atoms with van der Waals surface area (Å²) in [5.41, 5.74) is 0.563. The lowest BCUT2D eigenvalue weighted by Crippen LogP contribution is -2.06. The molecule has 0 aliphatic rings. The Morgan fingerprint density at radius 2 is 1.45 bits per heavy atom. The van der Waals surface area contributed by atoms with E-state index in [9.17, 15) is 9.36 Å². The molecule has 0 unspecified atom stereocenters. The van der Waals surface area contributed by atoms with Crippen molar-refractivity contribution in [2.45, 2.75) is 38.5 Å². The number of unbranched alkanes of at least 4 members (excludes halogenated alkanes) is 5. The quantitative estimate of drug-likeness (QED) is 0.367. The highest BCUT2D eigenvalue weighted by molar-refractivity contribution is 7.46. The van der Waals surface area contributed by atoms with Gasteiger partial charge in [0.2, 0.25) is 0 Å². The summed E-state index contributed by atoms with van der Waals surface area (Å²) in [5.74, 6) is -0.296. The molecule has 0 radical (unpaired) electrons. The molecule has 0 heterocycles. The van der Waals surface area contributed by atoms with Crippen molar-refractivity contribution in [3.63, 3.8) is 0 Å². The molecular weight excluding hydrogens is 307 g/mol. The zero-order valence-electron chi connectivity index (χ0n) is 12.5. The molecule has 0 saturated carbocycles. The molecule has 0 atom stereocenters. The van der Waals surface area contributed by atoms with Gasteiger partial charge < -0.3 is 14.5 Å². The summed E-state index contributed by atoms with van der Waals surface area (Å²) >= 11 is 0. The second-order valence-corrected chi connectivity index (χ2v) is 6.19. The number of ether oxygens (including phenoxy) is 1. The van der Waals surface area contributed by atoms with E-state index in [1.807, 2.05) is 6.07 Å². The van der Waals surface area contributed by atoms with Gasteiger partial charge >= 0.3 is 13.8 Å². The highest BCUT2D eigenvalue weighted by Crippen LogP contribution is 2.35. The third-order valence-electron chi connectivity index (χ3n) is 3.04. The van der Waals surface area contributed by atoms with Gasteiger partial charge in [0.15, 0.2) is 0 Å². The molecule has 2 N–H and O–H groups in total. The summed E-state index contributed by atoms with van der Waals surface area (Å²) in [6, 6.07) is 8.89. The minimum atomic E-state index is -4.32. The summed E-state index contributed by atoms with van der Waals surface area (Å²) in [6.45, 7) is 0.494. The summed E-state index contributed by atoms with van der Waals surface area (Å²) in [6.07, 6.45) is 5.24. The van der Waals surface area contributed by atoms with Crippen LogP contribution in [0, 0.1) is 0 Å². The average molecular weight is 330 g/mol. The molecular formula is C15H23O6P. The first-order valence-electron chi connectivity index (χ1n) is 7.41. The lowest BCUT2D eigenvalue weighted by atomic mass is 10.1. The maximum atomic E-state index is 11.6. The highest BCUT2D eigenvalue weighted by atomic mass is 31.2. The third kappa shape index (κ3) is 9.68. The molecule has 1 rings (SSSR count). The van der Waals surface area contributed by atoms with Crippen molar-refractivity contribution in [2.24, 2.45) is 0 Å². The summed E-state index contributed by atoms with van der Waals surface area (Å²) in [4.78, 5) is 28.6. The van der Waals surface area contributed by atoms with Crippen molar-refractivity contribution < 1.29 is 28.4 Å². The molecule has 0 aromatic heterocycles. The Morgan fingerprint density at radius 3 is 2.05 bits per heavy atom. The van der Waals surface area contributed by atoms with Crippen LogP contribution < -0.4 is 0 Å². The molecule has 0 saturated heterocycles. The van der Waals surface area contributed by atoms with Crippen LogP contribution in [-0.2, 0) is 13.8 Å². The SMILES string of the molecule is O=C(OCCCCCCCCOP(=O)(O)O)c1ccccc1. The smallest absolute Gasteiger partial charge is 0.462 e. The zero-order chi connectivity index (χ0) is 16.3. The Labute approximate surface area is 130 Å². The van der Waals surface area contributed by atoms with Gasteiger partial charge in [-0.25, -0.2) is 9.36 Å². The van der Waals surface area contributed by atoms with E-state index in [1.165, 1.54) is 0 Å². The fourth-order valence-electron chi connectivity index (χ4n) is 1.92. The van der Waals surface area contributed by atoms with Crippen LogP contribution in [0.4, 0.5) is 0 Å². The van der Waals surface area contributed by atoms with Crippen LogP contribution in [0.2, 0.25) is 0 Å². The first-order valence-corrected chi connectivity index (χ1v) is 8.94. The number of benzene rings is 1. The van der Waals surface area contributed by atoms with E-state index in [0.717, 1.165) is 32.1 Å². The van der Waals surface area contributed by atoms with Gasteiger partial charge in [0.25, 0.3) is 0 Å². The van der Waals surface area contributed by atoms with Crippen LogP contribution in [0.15, 0.2) is 30.3 Å². The summed E-state index contributed by atoms with van der Waals surface area (Å²) < 4.78 is 19.9. The molecule has 0 aliphatic heterocycles. The first-order chi connectivity index (χ1) is 10.5.